The summed E-state index contributed by atoms with van der Waals surface area (Å²) in [5.74, 6) is 0. The first kappa shape index (κ1) is 11.4. The molecule has 1 saturated carbocycles. The lowest BCUT2D eigenvalue weighted by Crippen LogP contribution is -2.54. The summed E-state index contributed by atoms with van der Waals surface area (Å²) in [4.78, 5) is 0. The van der Waals surface area contributed by atoms with E-state index in [9.17, 15) is 0 Å². The van der Waals surface area contributed by atoms with Crippen LogP contribution in [0.3, 0.4) is 0 Å². The van der Waals surface area contributed by atoms with Crippen LogP contribution in [0.1, 0.15) is 58.3 Å². The minimum atomic E-state index is 0.371. The molecule has 0 aromatic rings. The first-order valence-electron chi connectivity index (χ1n) is 6.77. The van der Waals surface area contributed by atoms with E-state index >= 15 is 0 Å². The van der Waals surface area contributed by atoms with E-state index in [4.69, 9.17) is 0 Å². The molecule has 1 heterocycles. The van der Waals surface area contributed by atoms with Gasteiger partial charge in [0.25, 0.3) is 0 Å². The van der Waals surface area contributed by atoms with Gasteiger partial charge in [-0.05, 0) is 39.2 Å². The van der Waals surface area contributed by atoms with Crippen LogP contribution >= 0.6 is 0 Å². The van der Waals surface area contributed by atoms with Gasteiger partial charge in [-0.2, -0.15) is 0 Å². The Labute approximate surface area is 94.2 Å². The molecule has 1 atom stereocenters. The predicted molar refractivity (Wildman–Crippen MR) is 65.1 cm³/mol. The summed E-state index contributed by atoms with van der Waals surface area (Å²) in [5.41, 5.74) is 0.371. The van der Waals surface area contributed by atoms with Crippen molar-refractivity contribution in [1.29, 1.82) is 0 Å². The van der Waals surface area contributed by atoms with Crippen LogP contribution in [0.5, 0.6) is 0 Å². The lowest BCUT2D eigenvalue weighted by Gasteiger charge is -2.37. The Morgan fingerprint density at radius 2 is 1.93 bits per heavy atom. The lowest BCUT2D eigenvalue weighted by molar-refractivity contribution is 0.245. The fraction of sp³-hybridized carbons (Fsp3) is 1.00. The Hall–Kier alpha value is -0.0800. The molecule has 0 radical (unpaired) electrons. The van der Waals surface area contributed by atoms with Crippen molar-refractivity contribution in [1.82, 2.24) is 10.6 Å². The van der Waals surface area contributed by atoms with Gasteiger partial charge in [-0.3, -0.25) is 0 Å². The van der Waals surface area contributed by atoms with Gasteiger partial charge in [0.2, 0.25) is 0 Å². The molecular formula is C13H26N2. The van der Waals surface area contributed by atoms with Crippen molar-refractivity contribution < 1.29 is 0 Å². The zero-order chi connectivity index (χ0) is 10.6. The van der Waals surface area contributed by atoms with Crippen molar-refractivity contribution >= 4 is 0 Å². The quantitative estimate of drug-likeness (QED) is 0.747. The largest absolute Gasteiger partial charge is 0.312 e. The Balaban J connectivity index is 1.70. The van der Waals surface area contributed by atoms with E-state index < -0.39 is 0 Å². The topological polar surface area (TPSA) is 24.1 Å². The lowest BCUT2D eigenvalue weighted by atomic mass is 9.89. The van der Waals surface area contributed by atoms with Crippen LogP contribution in [0, 0.1) is 0 Å². The molecule has 0 aromatic heterocycles. The van der Waals surface area contributed by atoms with Gasteiger partial charge in [-0.1, -0.05) is 25.7 Å². The highest BCUT2D eigenvalue weighted by atomic mass is 15.0. The summed E-state index contributed by atoms with van der Waals surface area (Å²) in [6.07, 6.45) is 11.2. The molecule has 0 bridgehead atoms. The molecular weight excluding hydrogens is 184 g/mol. The fourth-order valence-electron chi connectivity index (χ4n) is 2.95. The SMILES string of the molecule is CC1(CNC2CCCCC2)CCCCN1. The van der Waals surface area contributed by atoms with Crippen molar-refractivity contribution in [3.63, 3.8) is 0 Å². The second-order valence-electron chi connectivity index (χ2n) is 5.66. The molecule has 0 spiro atoms. The molecule has 1 unspecified atom stereocenters. The Bertz CT molecular complexity index is 179. The van der Waals surface area contributed by atoms with Crippen molar-refractivity contribution in [3.05, 3.63) is 0 Å². The predicted octanol–water partition coefficient (Wildman–Crippen LogP) is 2.44. The van der Waals surface area contributed by atoms with Crippen LogP contribution in [0.4, 0.5) is 0 Å². The zero-order valence-electron chi connectivity index (χ0n) is 10.1. The van der Waals surface area contributed by atoms with E-state index in [2.05, 4.69) is 17.6 Å². The van der Waals surface area contributed by atoms with E-state index in [1.807, 2.05) is 0 Å². The zero-order valence-corrected chi connectivity index (χ0v) is 10.1. The van der Waals surface area contributed by atoms with Crippen LogP contribution in [0.15, 0.2) is 0 Å². The number of rotatable bonds is 3. The molecule has 2 rings (SSSR count). The minimum Gasteiger partial charge on any atom is -0.312 e. The summed E-state index contributed by atoms with van der Waals surface area (Å²) < 4.78 is 0. The van der Waals surface area contributed by atoms with Crippen molar-refractivity contribution in [2.45, 2.75) is 69.9 Å². The van der Waals surface area contributed by atoms with Gasteiger partial charge >= 0.3 is 0 Å². The van der Waals surface area contributed by atoms with Crippen LogP contribution in [0.2, 0.25) is 0 Å². The molecule has 2 nitrogen and oxygen atoms in total. The number of hydrogen-bond acceptors (Lipinski definition) is 2. The Morgan fingerprint density at radius 1 is 1.13 bits per heavy atom. The maximum Gasteiger partial charge on any atom is 0.0278 e. The monoisotopic (exact) mass is 210 g/mol. The molecule has 2 heteroatoms. The highest BCUT2D eigenvalue weighted by molar-refractivity contribution is 4.89. The molecule has 15 heavy (non-hydrogen) atoms. The second kappa shape index (κ2) is 5.31. The van der Waals surface area contributed by atoms with Crippen LogP contribution in [-0.2, 0) is 0 Å². The highest BCUT2D eigenvalue weighted by Crippen LogP contribution is 2.21. The Morgan fingerprint density at radius 3 is 2.60 bits per heavy atom. The maximum atomic E-state index is 3.77. The molecule has 2 fully saturated rings. The van der Waals surface area contributed by atoms with Crippen molar-refractivity contribution in [3.8, 4) is 0 Å². The minimum absolute atomic E-state index is 0.371. The van der Waals surface area contributed by atoms with E-state index in [1.54, 1.807) is 0 Å². The van der Waals surface area contributed by atoms with Gasteiger partial charge in [0.05, 0.1) is 0 Å². The van der Waals surface area contributed by atoms with Gasteiger partial charge in [0.1, 0.15) is 0 Å². The number of piperidine rings is 1. The molecule has 1 aliphatic carbocycles. The summed E-state index contributed by atoms with van der Waals surface area (Å²) >= 11 is 0. The molecule has 2 aliphatic rings. The summed E-state index contributed by atoms with van der Waals surface area (Å²) in [7, 11) is 0. The van der Waals surface area contributed by atoms with Crippen LogP contribution in [-0.4, -0.2) is 24.7 Å². The van der Waals surface area contributed by atoms with Gasteiger partial charge in [-0.25, -0.2) is 0 Å². The molecule has 2 N–H and O–H groups in total. The first-order valence-corrected chi connectivity index (χ1v) is 6.77. The average Bonchev–Trinajstić information content (AvgIpc) is 2.29. The van der Waals surface area contributed by atoms with Crippen LogP contribution < -0.4 is 10.6 Å². The molecule has 88 valence electrons. The molecule has 0 amide bonds. The molecule has 0 aromatic carbocycles. The summed E-state index contributed by atoms with van der Waals surface area (Å²) in [6.45, 7) is 4.75. The Kier molecular flexibility index (Phi) is 4.04. The molecule has 1 saturated heterocycles. The first-order chi connectivity index (χ1) is 7.29. The van der Waals surface area contributed by atoms with Crippen LogP contribution in [0.25, 0.3) is 0 Å². The van der Waals surface area contributed by atoms with Gasteiger partial charge < -0.3 is 10.6 Å². The van der Waals surface area contributed by atoms with E-state index in [-0.39, 0.29) is 0 Å². The average molecular weight is 210 g/mol. The van der Waals surface area contributed by atoms with Gasteiger partial charge in [0, 0.05) is 18.1 Å². The smallest absolute Gasteiger partial charge is 0.0278 e. The third kappa shape index (κ3) is 3.46. The number of nitrogens with one attached hydrogen (secondary N) is 2. The van der Waals surface area contributed by atoms with E-state index in [0.717, 1.165) is 12.6 Å². The van der Waals surface area contributed by atoms with E-state index in [0.29, 0.717) is 5.54 Å². The standard InChI is InChI=1S/C13H26N2/c1-13(9-5-6-10-15-13)11-14-12-7-3-2-4-8-12/h12,14-15H,2-11H2,1H3. The van der Waals surface area contributed by atoms with Gasteiger partial charge in [0.15, 0.2) is 0 Å². The fourth-order valence-corrected chi connectivity index (χ4v) is 2.95. The second-order valence-corrected chi connectivity index (χ2v) is 5.66. The van der Waals surface area contributed by atoms with Crippen molar-refractivity contribution in [2.24, 2.45) is 0 Å². The number of hydrogen-bond donors (Lipinski definition) is 2. The normalized spacial score (nSPS) is 34.2. The summed E-state index contributed by atoms with van der Waals surface area (Å²) in [6, 6.07) is 0.805. The van der Waals surface area contributed by atoms with E-state index in [1.165, 1.54) is 57.9 Å². The summed E-state index contributed by atoms with van der Waals surface area (Å²) in [5, 5.41) is 7.44. The third-order valence-corrected chi connectivity index (χ3v) is 4.09. The molecule has 1 aliphatic heterocycles. The maximum absolute atomic E-state index is 3.77. The van der Waals surface area contributed by atoms with Gasteiger partial charge in [-0.15, -0.1) is 0 Å². The van der Waals surface area contributed by atoms with Crippen molar-refractivity contribution in [2.75, 3.05) is 13.1 Å². The third-order valence-electron chi connectivity index (χ3n) is 4.09. The highest BCUT2D eigenvalue weighted by Gasteiger charge is 2.26.